The van der Waals surface area contributed by atoms with Crippen LogP contribution in [0, 0.1) is 0 Å². The van der Waals surface area contributed by atoms with Crippen molar-refractivity contribution in [2.45, 2.75) is 13.3 Å². The first-order chi connectivity index (χ1) is 13.1. The molecule has 1 aromatic carbocycles. The van der Waals surface area contributed by atoms with Crippen molar-refractivity contribution in [1.82, 2.24) is 15.0 Å². The number of piperazine rings is 1. The number of rotatable bonds is 4. The number of amides is 1. The first kappa shape index (κ1) is 17.8. The molecule has 1 saturated heterocycles. The smallest absolute Gasteiger partial charge is 0.289 e. The van der Waals surface area contributed by atoms with E-state index in [4.69, 9.17) is 8.94 Å². The van der Waals surface area contributed by atoms with Crippen LogP contribution >= 0.6 is 15.9 Å². The maximum atomic E-state index is 12.5. The van der Waals surface area contributed by atoms with Gasteiger partial charge in [0.25, 0.3) is 5.91 Å². The maximum Gasteiger partial charge on any atom is 0.289 e. The Morgan fingerprint density at radius 3 is 2.44 bits per heavy atom. The van der Waals surface area contributed by atoms with Crippen LogP contribution in [0.4, 0.5) is 5.69 Å². The highest BCUT2D eigenvalue weighted by atomic mass is 79.9. The molecule has 0 spiro atoms. The third-order valence-electron chi connectivity index (χ3n) is 4.61. The lowest BCUT2D eigenvalue weighted by Gasteiger charge is -2.35. The summed E-state index contributed by atoms with van der Waals surface area (Å²) in [5.74, 6) is 1.54. The third-order valence-corrected chi connectivity index (χ3v) is 5.04. The van der Waals surface area contributed by atoms with Crippen LogP contribution in [0.15, 0.2) is 50.0 Å². The van der Waals surface area contributed by atoms with Gasteiger partial charge in [-0.1, -0.05) is 12.1 Å². The van der Waals surface area contributed by atoms with Crippen molar-refractivity contribution < 1.29 is 13.7 Å². The van der Waals surface area contributed by atoms with Crippen LogP contribution in [-0.2, 0) is 6.42 Å². The molecule has 0 saturated carbocycles. The molecule has 27 heavy (non-hydrogen) atoms. The summed E-state index contributed by atoms with van der Waals surface area (Å²) in [4.78, 5) is 20.9. The van der Waals surface area contributed by atoms with Crippen LogP contribution < -0.4 is 4.90 Å². The van der Waals surface area contributed by atoms with Gasteiger partial charge in [0, 0.05) is 43.9 Å². The molecule has 0 radical (unpaired) electrons. The van der Waals surface area contributed by atoms with E-state index >= 15 is 0 Å². The fraction of sp³-hybridized carbons (Fsp3) is 0.316. The molecule has 3 heterocycles. The number of nitrogens with zero attached hydrogens (tertiary/aromatic N) is 4. The Morgan fingerprint density at radius 1 is 1.11 bits per heavy atom. The summed E-state index contributed by atoms with van der Waals surface area (Å²) in [7, 11) is 0. The van der Waals surface area contributed by atoms with Crippen LogP contribution in [-0.4, -0.2) is 47.1 Å². The van der Waals surface area contributed by atoms with Crippen molar-refractivity contribution in [3.63, 3.8) is 0 Å². The average Bonchev–Trinajstić information content (AvgIpc) is 3.37. The van der Waals surface area contributed by atoms with Crippen LogP contribution in [0.2, 0.25) is 0 Å². The maximum absolute atomic E-state index is 12.5. The number of benzene rings is 1. The molecule has 0 N–H and O–H groups in total. The first-order valence-electron chi connectivity index (χ1n) is 8.86. The number of carbonyl (C=O) groups excluding carboxylic acids is 1. The molecular weight excluding hydrogens is 412 g/mol. The van der Waals surface area contributed by atoms with Gasteiger partial charge in [-0.15, -0.1) is 0 Å². The summed E-state index contributed by atoms with van der Waals surface area (Å²) in [6.45, 7) is 4.84. The molecule has 8 heteroatoms. The molecule has 2 aromatic heterocycles. The molecular formula is C19H19BrN4O3. The zero-order chi connectivity index (χ0) is 18.8. The fourth-order valence-corrected chi connectivity index (χ4v) is 3.40. The molecule has 1 fully saturated rings. The van der Waals surface area contributed by atoms with Gasteiger partial charge in [-0.2, -0.15) is 4.98 Å². The molecule has 7 nitrogen and oxygen atoms in total. The number of anilines is 1. The molecule has 3 aromatic rings. The van der Waals surface area contributed by atoms with Gasteiger partial charge in [-0.05, 0) is 52.3 Å². The summed E-state index contributed by atoms with van der Waals surface area (Å²) in [6, 6.07) is 11.5. The topological polar surface area (TPSA) is 75.6 Å². The van der Waals surface area contributed by atoms with E-state index in [1.54, 1.807) is 12.1 Å². The van der Waals surface area contributed by atoms with Crippen molar-refractivity contribution in [2.24, 2.45) is 0 Å². The van der Waals surface area contributed by atoms with Crippen molar-refractivity contribution in [3.8, 4) is 11.4 Å². The van der Waals surface area contributed by atoms with E-state index in [2.05, 4.69) is 43.1 Å². The lowest BCUT2D eigenvalue weighted by molar-refractivity contribution is 0.0713. The molecule has 0 atom stereocenters. The summed E-state index contributed by atoms with van der Waals surface area (Å²) in [5, 5.41) is 4.00. The highest BCUT2D eigenvalue weighted by Crippen LogP contribution is 2.23. The first-order valence-corrected chi connectivity index (χ1v) is 9.66. The zero-order valence-electron chi connectivity index (χ0n) is 14.9. The van der Waals surface area contributed by atoms with Crippen LogP contribution in [0.3, 0.4) is 0 Å². The largest absolute Gasteiger partial charge is 0.444 e. The quantitative estimate of drug-likeness (QED) is 0.628. The predicted octanol–water partition coefficient (Wildman–Crippen LogP) is 3.62. The lowest BCUT2D eigenvalue weighted by Crippen LogP contribution is -2.48. The minimum Gasteiger partial charge on any atom is -0.444 e. The van der Waals surface area contributed by atoms with Gasteiger partial charge in [-0.3, -0.25) is 4.79 Å². The second-order valence-corrected chi connectivity index (χ2v) is 7.08. The number of aromatic nitrogens is 2. The van der Waals surface area contributed by atoms with Gasteiger partial charge in [0.2, 0.25) is 11.7 Å². The summed E-state index contributed by atoms with van der Waals surface area (Å²) in [5.41, 5.74) is 2.05. The van der Waals surface area contributed by atoms with Crippen LogP contribution in [0.25, 0.3) is 11.4 Å². The summed E-state index contributed by atoms with van der Waals surface area (Å²) >= 11 is 3.23. The van der Waals surface area contributed by atoms with Gasteiger partial charge in [0.15, 0.2) is 10.4 Å². The van der Waals surface area contributed by atoms with E-state index in [-0.39, 0.29) is 5.91 Å². The van der Waals surface area contributed by atoms with Crippen molar-refractivity contribution in [3.05, 3.63) is 52.7 Å². The molecule has 0 bridgehead atoms. The van der Waals surface area contributed by atoms with E-state index in [1.165, 1.54) is 0 Å². The Bertz CT molecular complexity index is 927. The minimum absolute atomic E-state index is 0.0699. The second-order valence-electron chi connectivity index (χ2n) is 6.30. The van der Waals surface area contributed by atoms with E-state index < -0.39 is 0 Å². The molecule has 0 aliphatic carbocycles. The standard InChI is InChI=1S/C19H19BrN4O3/c1-2-17-21-18(22-27-17)13-3-5-14(6-4-13)23-9-11-24(12-10-23)19(25)15-7-8-16(20)26-15/h3-8H,2,9-12H2,1H3. The SMILES string of the molecule is CCc1nc(-c2ccc(N3CCN(C(=O)c4ccc(Br)o4)CC3)cc2)no1. The molecule has 4 rings (SSSR count). The number of carbonyl (C=O) groups is 1. The fourth-order valence-electron chi connectivity index (χ4n) is 3.09. The van der Waals surface area contributed by atoms with Crippen molar-refractivity contribution in [2.75, 3.05) is 31.1 Å². The summed E-state index contributed by atoms with van der Waals surface area (Å²) in [6.07, 6.45) is 0.725. The monoisotopic (exact) mass is 430 g/mol. The zero-order valence-corrected chi connectivity index (χ0v) is 16.5. The van der Waals surface area contributed by atoms with Gasteiger partial charge < -0.3 is 18.7 Å². The van der Waals surface area contributed by atoms with Crippen LogP contribution in [0.1, 0.15) is 23.4 Å². The van der Waals surface area contributed by atoms with Crippen LogP contribution in [0.5, 0.6) is 0 Å². The Labute approximate surface area is 165 Å². The number of hydrogen-bond acceptors (Lipinski definition) is 6. The molecule has 0 unspecified atom stereocenters. The highest BCUT2D eigenvalue weighted by molar-refractivity contribution is 9.10. The number of hydrogen-bond donors (Lipinski definition) is 0. The van der Waals surface area contributed by atoms with Crippen molar-refractivity contribution >= 4 is 27.5 Å². The van der Waals surface area contributed by atoms with Gasteiger partial charge in [-0.25, -0.2) is 0 Å². The van der Waals surface area contributed by atoms with E-state index in [0.717, 1.165) is 30.8 Å². The minimum atomic E-state index is -0.0699. The molecule has 1 aliphatic rings. The summed E-state index contributed by atoms with van der Waals surface area (Å²) < 4.78 is 11.1. The van der Waals surface area contributed by atoms with Gasteiger partial charge in [0.1, 0.15) is 0 Å². The van der Waals surface area contributed by atoms with Gasteiger partial charge >= 0.3 is 0 Å². The molecule has 140 valence electrons. The van der Waals surface area contributed by atoms with Crippen molar-refractivity contribution in [1.29, 1.82) is 0 Å². The molecule has 1 aliphatic heterocycles. The highest BCUT2D eigenvalue weighted by Gasteiger charge is 2.24. The Kier molecular flexibility index (Phi) is 4.98. The normalized spacial score (nSPS) is 14.6. The van der Waals surface area contributed by atoms with Gasteiger partial charge in [0.05, 0.1) is 0 Å². The Morgan fingerprint density at radius 2 is 1.85 bits per heavy atom. The third kappa shape index (κ3) is 3.75. The predicted molar refractivity (Wildman–Crippen MR) is 104 cm³/mol. The lowest BCUT2D eigenvalue weighted by atomic mass is 10.1. The number of halogens is 1. The number of furan rings is 1. The second kappa shape index (κ2) is 7.56. The number of aryl methyl sites for hydroxylation is 1. The average molecular weight is 431 g/mol. The Hall–Kier alpha value is -2.61. The van der Waals surface area contributed by atoms with E-state index in [0.29, 0.717) is 35.2 Å². The van der Waals surface area contributed by atoms with E-state index in [9.17, 15) is 4.79 Å². The Balaban J connectivity index is 1.38. The van der Waals surface area contributed by atoms with E-state index in [1.807, 2.05) is 24.0 Å². The molecule has 1 amide bonds.